The van der Waals surface area contributed by atoms with E-state index < -0.39 is 78.0 Å². The molecule has 0 aliphatic carbocycles. The van der Waals surface area contributed by atoms with Gasteiger partial charge in [0, 0.05) is 12.4 Å². The van der Waals surface area contributed by atoms with Crippen molar-refractivity contribution < 1.29 is 35.9 Å². The zero-order chi connectivity index (χ0) is 62.6. The lowest BCUT2D eigenvalue weighted by Gasteiger charge is -2.43. The van der Waals surface area contributed by atoms with E-state index in [0.717, 1.165) is 52.9 Å². The van der Waals surface area contributed by atoms with Crippen LogP contribution in [0.2, 0.25) is 5.04 Å². The molecule has 23 heteroatoms. The summed E-state index contributed by atoms with van der Waals surface area (Å²) >= 11 is 0. The second-order valence-corrected chi connectivity index (χ2v) is 25.5. The third kappa shape index (κ3) is 12.4. The first-order chi connectivity index (χ1) is 41.4. The van der Waals surface area contributed by atoms with E-state index in [1.807, 2.05) is 60.7 Å². The summed E-state index contributed by atoms with van der Waals surface area (Å²) in [7, 11) is -3.10. The van der Waals surface area contributed by atoms with Gasteiger partial charge in [0.15, 0.2) is 11.4 Å². The van der Waals surface area contributed by atoms with Crippen LogP contribution in [-0.4, -0.2) is 64.5 Å². The smallest absolute Gasteiger partial charge is 0.405 e. The third-order valence-electron chi connectivity index (χ3n) is 14.5. The van der Waals surface area contributed by atoms with Crippen molar-refractivity contribution >= 4 is 30.1 Å². The maximum Gasteiger partial charge on any atom is 0.416 e. The number of alkyl halides is 6. The van der Waals surface area contributed by atoms with E-state index in [1.54, 1.807) is 61.5 Å². The first-order valence-electron chi connectivity index (χ1n) is 26.9. The Morgan fingerprint density at radius 3 is 1.28 bits per heavy atom. The minimum Gasteiger partial charge on any atom is -0.405 e. The molecule has 0 aliphatic heterocycles. The molecule has 4 aromatic heterocycles. The highest BCUT2D eigenvalue weighted by Gasteiger charge is 2.50. The van der Waals surface area contributed by atoms with Crippen LogP contribution in [0.25, 0.3) is 55.0 Å². The van der Waals surface area contributed by atoms with E-state index in [2.05, 4.69) is 40.7 Å². The molecule has 6 aromatic carbocycles. The van der Waals surface area contributed by atoms with E-state index >= 15 is 0 Å². The average Bonchev–Trinajstić information content (AvgIpc) is 1.95. The Hall–Kier alpha value is -10.2. The van der Waals surface area contributed by atoms with Crippen molar-refractivity contribution in [2.24, 2.45) is 0 Å². The molecule has 0 saturated heterocycles. The van der Waals surface area contributed by atoms with Gasteiger partial charge in [0.2, 0.25) is 0 Å². The van der Waals surface area contributed by atoms with Gasteiger partial charge in [-0.2, -0.15) is 36.5 Å². The van der Waals surface area contributed by atoms with Crippen LogP contribution in [0.3, 0.4) is 0 Å². The topological polar surface area (TPSA) is 162 Å². The molecular weight excluding hydrogens is 1150 g/mol. The largest absolute Gasteiger partial charge is 0.416 e. The van der Waals surface area contributed by atoms with E-state index in [1.165, 1.54) is 71.4 Å². The minimum atomic E-state index is -4.66. The van der Waals surface area contributed by atoms with Gasteiger partial charge in [-0.15, -0.1) is 0 Å². The van der Waals surface area contributed by atoms with Crippen LogP contribution in [0.5, 0.6) is 0 Å². The molecule has 442 valence electrons. The molecule has 0 bridgehead atoms. The summed E-state index contributed by atoms with van der Waals surface area (Å²) in [6.45, 7) is 23.3. The predicted molar refractivity (Wildman–Crippen MR) is 320 cm³/mol. The summed E-state index contributed by atoms with van der Waals surface area (Å²) in [6.07, 6.45) is -3.96. The fourth-order valence-corrected chi connectivity index (χ4v) is 14.9. The number of hydrogen-bond donors (Lipinski definition) is 1. The normalized spacial score (nSPS) is 12.6. The molecule has 87 heavy (non-hydrogen) atoms. The molecule has 0 saturated carbocycles. The number of nitrogens with zero attached hydrogens (tertiary/aromatic N) is 10. The number of aliphatic hydroxyl groups is 1. The Morgan fingerprint density at radius 2 is 0.920 bits per heavy atom. The summed E-state index contributed by atoms with van der Waals surface area (Å²) in [5.74, 6) is 0. The lowest BCUT2D eigenvalue weighted by atomic mass is 10.1. The van der Waals surface area contributed by atoms with Crippen molar-refractivity contribution in [2.45, 2.75) is 64.1 Å². The zero-order valence-electron chi connectivity index (χ0n) is 47.3. The lowest BCUT2D eigenvalue weighted by molar-refractivity contribution is -0.138. The van der Waals surface area contributed by atoms with Crippen LogP contribution in [0.15, 0.2) is 214 Å². The number of benzene rings is 6. The SMILES string of the molecule is [C-]#[N+]c1ccc(-n2nccc2-c2cn(-c3cccc(C(F)(F)F)c3)c(=O)n([C@H](C)CO)c2=O)cc1.[C-]#[N+]c1ccc(-n2nccc2-c2cn(-c3cccc(C(F)(F)F)c3)c(=O)n([C@H](C)CO[Si](c3ccccc3)(c3ccccc3)C(C)(C)C)c2=O)cc1. The number of aliphatic hydroxyl groups excluding tert-OH is 1. The Morgan fingerprint density at radius 1 is 0.529 bits per heavy atom. The summed E-state index contributed by atoms with van der Waals surface area (Å²) < 4.78 is 95.3. The van der Waals surface area contributed by atoms with E-state index in [9.17, 15) is 50.6 Å². The average molecular weight is 1200 g/mol. The molecule has 0 radical (unpaired) electrons. The highest BCUT2D eigenvalue weighted by atomic mass is 28.4. The van der Waals surface area contributed by atoms with E-state index in [4.69, 9.17) is 17.6 Å². The van der Waals surface area contributed by atoms with Crippen molar-refractivity contribution in [3.8, 4) is 45.3 Å². The molecule has 10 rings (SSSR count). The first-order valence-corrected chi connectivity index (χ1v) is 28.8. The molecule has 0 spiro atoms. The molecule has 0 amide bonds. The number of hydrogen-bond acceptors (Lipinski definition) is 8. The maximum atomic E-state index is 14.5. The van der Waals surface area contributed by atoms with Crippen LogP contribution in [-0.2, 0) is 16.8 Å². The fourth-order valence-electron chi connectivity index (χ4n) is 10.2. The van der Waals surface area contributed by atoms with Crippen LogP contribution >= 0.6 is 0 Å². The number of aromatic nitrogens is 8. The molecule has 0 aliphatic rings. The van der Waals surface area contributed by atoms with Crippen LogP contribution < -0.4 is 32.9 Å². The van der Waals surface area contributed by atoms with Gasteiger partial charge in [0.25, 0.3) is 19.4 Å². The summed E-state index contributed by atoms with van der Waals surface area (Å²) in [5.41, 5.74) is -2.72. The first kappa shape index (κ1) is 61.4. The second kappa shape index (κ2) is 24.8. The Balaban J connectivity index is 0.000000224. The van der Waals surface area contributed by atoms with Gasteiger partial charge in [0.05, 0.1) is 107 Å². The molecule has 0 unspecified atom stereocenters. The second-order valence-electron chi connectivity index (χ2n) is 21.2. The van der Waals surface area contributed by atoms with Crippen molar-refractivity contribution in [3.63, 3.8) is 0 Å². The van der Waals surface area contributed by atoms with E-state index in [-0.39, 0.29) is 34.8 Å². The monoisotopic (exact) mass is 1200 g/mol. The Bertz CT molecular complexity index is 4420. The summed E-state index contributed by atoms with van der Waals surface area (Å²) in [4.78, 5) is 62.2. The highest BCUT2D eigenvalue weighted by Crippen LogP contribution is 2.38. The van der Waals surface area contributed by atoms with Gasteiger partial charge in [-0.1, -0.05) is 118 Å². The minimum absolute atomic E-state index is 0.0194. The molecule has 4 heterocycles. The van der Waals surface area contributed by atoms with Crippen molar-refractivity contribution in [1.82, 2.24) is 37.8 Å². The third-order valence-corrected chi connectivity index (χ3v) is 19.5. The standard InChI is InChI=1S/C40H36F3N5O3Si.C24H18F3N5O3/c1-28(27-51-52(39(2,3)4,33-15-8-6-9-16-33)34-17-10-7-11-18-34)47-37(49)35(36-23-24-45-48(36)31-21-19-30(44-5)20-22-31)26-46(38(47)50)32-14-12-13-29(25-32)40(41,42)43;1-15(14-33)31-22(34)20(21-10-11-29-32(21)18-8-6-17(28-2)7-9-18)13-30(23(31)35)19-5-3-4-16(12-19)24(25,26)27/h6-26,28H,27H2,1-4H3;3-13,15,33H,14H2,1H3/t28-;15-/m11/s1. The van der Waals surface area contributed by atoms with Crippen molar-refractivity contribution in [2.75, 3.05) is 13.2 Å². The van der Waals surface area contributed by atoms with Crippen LogP contribution in [0.1, 0.15) is 57.8 Å². The fraction of sp³-hybridized carbons (Fsp3) is 0.188. The highest BCUT2D eigenvalue weighted by molar-refractivity contribution is 6.99. The van der Waals surface area contributed by atoms with Gasteiger partial charge in [-0.25, -0.2) is 28.6 Å². The Kier molecular flexibility index (Phi) is 17.5. The molecule has 1 N–H and O–H groups in total. The van der Waals surface area contributed by atoms with Crippen LogP contribution in [0, 0.1) is 13.1 Å². The maximum absolute atomic E-state index is 14.5. The van der Waals surface area contributed by atoms with Gasteiger partial charge in [0.1, 0.15) is 0 Å². The molecule has 2 atom stereocenters. The Labute approximate surface area is 494 Å². The van der Waals surface area contributed by atoms with Gasteiger partial charge >= 0.3 is 23.7 Å². The van der Waals surface area contributed by atoms with E-state index in [0.29, 0.717) is 28.4 Å². The van der Waals surface area contributed by atoms with Gasteiger partial charge in [-0.05, 0) is 102 Å². The van der Waals surface area contributed by atoms with Crippen molar-refractivity contribution in [3.05, 3.63) is 270 Å². The molecular formula is C64H54F6N10O6Si. The van der Waals surface area contributed by atoms with Crippen LogP contribution in [0.4, 0.5) is 37.7 Å². The zero-order valence-corrected chi connectivity index (χ0v) is 48.3. The summed E-state index contributed by atoms with van der Waals surface area (Å²) in [5, 5.41) is 19.9. The molecule has 0 fully saturated rings. The van der Waals surface area contributed by atoms with Gasteiger partial charge < -0.3 is 9.53 Å². The molecule has 10 aromatic rings. The number of halogens is 6. The van der Waals surface area contributed by atoms with Gasteiger partial charge in [-0.3, -0.25) is 27.9 Å². The summed E-state index contributed by atoms with van der Waals surface area (Å²) in [6, 6.07) is 42.7. The lowest BCUT2D eigenvalue weighted by Crippen LogP contribution is -2.67. The quantitative estimate of drug-likeness (QED) is 0.0639. The predicted octanol–water partition coefficient (Wildman–Crippen LogP) is 11.5. The number of rotatable bonds is 14. The van der Waals surface area contributed by atoms with Crippen molar-refractivity contribution in [1.29, 1.82) is 0 Å². The molecule has 16 nitrogen and oxygen atoms in total.